The lowest BCUT2D eigenvalue weighted by atomic mass is 9.85. The molecule has 18 heteroatoms. The van der Waals surface area contributed by atoms with Gasteiger partial charge in [0, 0.05) is 0 Å². The summed E-state index contributed by atoms with van der Waals surface area (Å²) in [6.45, 7) is 3.77. The molecule has 14 nitrogen and oxygen atoms in total. The molecule has 2 bridgehead atoms. The number of hydrogen-bond acceptors (Lipinski definition) is 13. The van der Waals surface area contributed by atoms with Gasteiger partial charge in [0.25, 0.3) is 0 Å². The van der Waals surface area contributed by atoms with Crippen molar-refractivity contribution in [1.82, 2.24) is 4.90 Å². The fourth-order valence-corrected chi connectivity index (χ4v) is 7.50. The molecule has 286 valence electrons. The zero-order valence-electron chi connectivity index (χ0n) is 28.5. The van der Waals surface area contributed by atoms with Gasteiger partial charge in [-0.05, 0) is 46.5 Å². The third-order valence-electron chi connectivity index (χ3n) is 8.54. The smallest absolute Gasteiger partial charge is 0.319 e. The number of nitrogens with zero attached hydrogens (tertiary/aromatic N) is 1. The van der Waals surface area contributed by atoms with Gasteiger partial charge < -0.3 is 28.4 Å². The summed E-state index contributed by atoms with van der Waals surface area (Å²) in [5.41, 5.74) is -1.66. The molecule has 0 aliphatic carbocycles. The normalized spacial score (nSPS) is 23.9. The van der Waals surface area contributed by atoms with E-state index < -0.39 is 104 Å². The summed E-state index contributed by atoms with van der Waals surface area (Å²) in [6, 6.07) is 0. The first-order valence-corrected chi connectivity index (χ1v) is 20.4. The summed E-state index contributed by atoms with van der Waals surface area (Å²) in [5.74, 6) is -5.02. The van der Waals surface area contributed by atoms with Gasteiger partial charge in [-0.2, -0.15) is 0 Å². The maximum absolute atomic E-state index is 13.5. The number of halogens is 4. The Morgan fingerprint density at radius 3 is 1.43 bits per heavy atom. The second-order valence-electron chi connectivity index (χ2n) is 12.5. The number of hydrogen-bond donors (Lipinski definition) is 0. The highest BCUT2D eigenvalue weighted by molar-refractivity contribution is 9.10. The van der Waals surface area contributed by atoms with Gasteiger partial charge in [0.2, 0.25) is 11.8 Å². The molecular weight excluding hydrogens is 938 g/mol. The number of esters is 5. The van der Waals surface area contributed by atoms with E-state index in [0.717, 1.165) is 4.90 Å². The molecule has 0 N–H and O–H groups in total. The van der Waals surface area contributed by atoms with Crippen LogP contribution in [0.15, 0.2) is 12.2 Å². The highest BCUT2D eigenvalue weighted by atomic mass is 79.9. The first-order chi connectivity index (χ1) is 24.1. The molecule has 6 unspecified atom stereocenters. The summed E-state index contributed by atoms with van der Waals surface area (Å²) >= 11 is 13.1. The number of rotatable bonds is 22. The van der Waals surface area contributed by atoms with Gasteiger partial charge in [0.05, 0.1) is 43.8 Å². The Hall–Kier alpha value is -1.89. The van der Waals surface area contributed by atoms with Crippen LogP contribution in [-0.4, -0.2) is 118 Å². The van der Waals surface area contributed by atoms with Gasteiger partial charge in [-0.15, -0.1) is 0 Å². The van der Waals surface area contributed by atoms with Crippen LogP contribution in [0.5, 0.6) is 0 Å². The summed E-state index contributed by atoms with van der Waals surface area (Å²) in [4.78, 5) is 87.3. The van der Waals surface area contributed by atoms with Crippen LogP contribution < -0.4 is 0 Å². The summed E-state index contributed by atoms with van der Waals surface area (Å²) in [6.07, 6.45) is 5.03. The highest BCUT2D eigenvalue weighted by Gasteiger charge is 2.60. The number of ether oxygens (including phenoxy) is 6. The van der Waals surface area contributed by atoms with E-state index in [9.17, 15) is 33.6 Å². The number of fused-ring (bicyclic) bond motifs is 5. The molecule has 2 fully saturated rings. The maximum Gasteiger partial charge on any atom is 0.319 e. The Balaban J connectivity index is 1.56. The van der Waals surface area contributed by atoms with Gasteiger partial charge in [-0.1, -0.05) is 88.7 Å². The van der Waals surface area contributed by atoms with Gasteiger partial charge in [0.15, 0.2) is 0 Å². The zero-order chi connectivity index (χ0) is 37.9. The van der Waals surface area contributed by atoms with Crippen molar-refractivity contribution in [3.8, 4) is 0 Å². The standard InChI is InChI=1S/C33H43Br4NO13/c1-4-46-28(41)18(34)8-6-10-20(36)30(43)49-16-33(3,17-50-31(44)21(37)11-7-9-19(35)29(42)47-5-2)32(45)48-15-14-38-26(39)24-22-12-13-23(51-22)25(24)27(38)40/h12-13,18-25H,4-11,14-17H2,1-3H3/t18?,19?,20?,21?,22?,23?,24-,25+,33?. The van der Waals surface area contributed by atoms with E-state index in [1.54, 1.807) is 26.0 Å². The van der Waals surface area contributed by atoms with Gasteiger partial charge in [-0.25, -0.2) is 0 Å². The summed E-state index contributed by atoms with van der Waals surface area (Å²) < 4.78 is 32.0. The summed E-state index contributed by atoms with van der Waals surface area (Å²) in [5, 5.41) is 0. The van der Waals surface area contributed by atoms with Crippen molar-refractivity contribution in [2.45, 2.75) is 90.8 Å². The molecule has 0 aromatic carbocycles. The first-order valence-electron chi connectivity index (χ1n) is 16.7. The number of likely N-dealkylation sites (tertiary alicyclic amines) is 1. The minimum atomic E-state index is -1.66. The molecule has 3 heterocycles. The Kier molecular flexibility index (Phi) is 17.5. The van der Waals surface area contributed by atoms with E-state index in [-0.39, 0.29) is 26.4 Å². The van der Waals surface area contributed by atoms with E-state index in [2.05, 4.69) is 63.7 Å². The molecule has 3 aliphatic heterocycles. The highest BCUT2D eigenvalue weighted by Crippen LogP contribution is 2.45. The zero-order valence-corrected chi connectivity index (χ0v) is 34.9. The van der Waals surface area contributed by atoms with Crippen LogP contribution in [0.3, 0.4) is 0 Å². The predicted molar refractivity (Wildman–Crippen MR) is 194 cm³/mol. The molecule has 0 spiro atoms. The van der Waals surface area contributed by atoms with Crippen molar-refractivity contribution < 1.29 is 62.0 Å². The average molecular weight is 981 g/mol. The predicted octanol–water partition coefficient (Wildman–Crippen LogP) is 4.08. The van der Waals surface area contributed by atoms with Crippen LogP contribution in [0.1, 0.15) is 59.3 Å². The third kappa shape index (κ3) is 11.8. The van der Waals surface area contributed by atoms with Gasteiger partial charge >= 0.3 is 29.8 Å². The van der Waals surface area contributed by atoms with Crippen LogP contribution in [-0.2, 0) is 62.0 Å². The third-order valence-corrected chi connectivity index (χ3v) is 11.9. The second-order valence-corrected chi connectivity index (χ2v) is 16.9. The van der Waals surface area contributed by atoms with Crippen molar-refractivity contribution in [3.05, 3.63) is 12.2 Å². The van der Waals surface area contributed by atoms with Gasteiger partial charge in [0.1, 0.15) is 44.5 Å². The Bertz CT molecular complexity index is 1250. The molecule has 0 aromatic rings. The maximum atomic E-state index is 13.5. The van der Waals surface area contributed by atoms with Crippen molar-refractivity contribution >= 4 is 105 Å². The molecule has 8 atom stereocenters. The van der Waals surface area contributed by atoms with Crippen LogP contribution in [0.4, 0.5) is 0 Å². The van der Waals surface area contributed by atoms with Crippen LogP contribution in [0, 0.1) is 17.3 Å². The number of carbonyl (C=O) groups excluding carboxylic acids is 7. The van der Waals surface area contributed by atoms with Crippen LogP contribution in [0.25, 0.3) is 0 Å². The number of carbonyl (C=O) groups is 7. The average Bonchev–Trinajstić information content (AvgIpc) is 3.79. The van der Waals surface area contributed by atoms with E-state index in [1.807, 2.05) is 0 Å². The SMILES string of the molecule is CCOC(=O)C(Br)CCCC(Br)C(=O)OCC(C)(COC(=O)C(Br)CCCC(Br)C(=O)OCC)C(=O)OCCN1C(=O)[C@@H]2C3C=CC(O3)[C@@H]2C1=O. The second kappa shape index (κ2) is 20.5. The van der Waals surface area contributed by atoms with E-state index in [0.29, 0.717) is 38.5 Å². The van der Waals surface area contributed by atoms with E-state index >= 15 is 0 Å². The molecule has 3 rings (SSSR count). The quantitative estimate of drug-likeness (QED) is 0.0499. The minimum Gasteiger partial charge on any atom is -0.465 e. The molecule has 0 aromatic heterocycles. The minimum absolute atomic E-state index is 0.181. The van der Waals surface area contributed by atoms with Crippen molar-refractivity contribution in [3.63, 3.8) is 0 Å². The lowest BCUT2D eigenvalue weighted by Gasteiger charge is -2.28. The molecule has 0 saturated carbocycles. The Morgan fingerprint density at radius 2 is 1.06 bits per heavy atom. The first kappa shape index (κ1) is 43.5. The van der Waals surface area contributed by atoms with Gasteiger partial charge in [-0.3, -0.25) is 38.5 Å². The lowest BCUT2D eigenvalue weighted by molar-refractivity contribution is -0.171. The van der Waals surface area contributed by atoms with Crippen molar-refractivity contribution in [2.24, 2.45) is 17.3 Å². The molecule has 51 heavy (non-hydrogen) atoms. The van der Waals surface area contributed by atoms with Crippen LogP contribution in [0.2, 0.25) is 0 Å². The number of alkyl halides is 4. The van der Waals surface area contributed by atoms with Crippen LogP contribution >= 0.6 is 63.7 Å². The molecule has 2 saturated heterocycles. The number of amides is 2. The molecule has 0 radical (unpaired) electrons. The largest absolute Gasteiger partial charge is 0.465 e. The van der Waals surface area contributed by atoms with E-state index in [4.69, 9.17) is 28.4 Å². The lowest BCUT2D eigenvalue weighted by Crippen LogP contribution is -2.43. The Labute approximate surface area is 330 Å². The Morgan fingerprint density at radius 1 is 0.686 bits per heavy atom. The van der Waals surface area contributed by atoms with Crippen molar-refractivity contribution in [1.29, 1.82) is 0 Å². The topological polar surface area (TPSA) is 178 Å². The fraction of sp³-hybridized carbons (Fsp3) is 0.727. The molecule has 2 amide bonds. The number of imide groups is 1. The monoisotopic (exact) mass is 977 g/mol. The van der Waals surface area contributed by atoms with E-state index in [1.165, 1.54) is 6.92 Å². The summed E-state index contributed by atoms with van der Waals surface area (Å²) in [7, 11) is 0. The van der Waals surface area contributed by atoms with Crippen molar-refractivity contribution in [2.75, 3.05) is 39.6 Å². The molecule has 3 aliphatic rings. The molecular formula is C33H43Br4NO13. The fourth-order valence-electron chi connectivity index (χ4n) is 5.68.